The second-order valence-corrected chi connectivity index (χ2v) is 5.38. The summed E-state index contributed by atoms with van der Waals surface area (Å²) in [7, 11) is 0. The Balaban J connectivity index is 1.81. The second kappa shape index (κ2) is 6.58. The second-order valence-electron chi connectivity index (χ2n) is 4.46. The summed E-state index contributed by atoms with van der Waals surface area (Å²) in [6.45, 7) is 0.554. The Bertz CT molecular complexity index is 466. The maximum absolute atomic E-state index is 11.9. The molecule has 1 aromatic heterocycles. The van der Waals surface area contributed by atoms with Gasteiger partial charge in [0.2, 0.25) is 0 Å². The van der Waals surface area contributed by atoms with E-state index >= 15 is 0 Å². The maximum Gasteiger partial charge on any atom is 0.262 e. The van der Waals surface area contributed by atoms with E-state index in [0.29, 0.717) is 10.4 Å². The van der Waals surface area contributed by atoms with Gasteiger partial charge in [0, 0.05) is 12.1 Å². The van der Waals surface area contributed by atoms with Crippen LogP contribution >= 0.6 is 11.3 Å². The van der Waals surface area contributed by atoms with E-state index in [4.69, 9.17) is 5.11 Å². The normalized spacial score (nSPS) is 13.8. The van der Waals surface area contributed by atoms with Crippen molar-refractivity contribution in [3.05, 3.63) is 21.9 Å². The minimum atomic E-state index is -0.182. The molecule has 1 aliphatic carbocycles. The van der Waals surface area contributed by atoms with Crippen molar-refractivity contribution in [2.24, 2.45) is 5.92 Å². The fourth-order valence-corrected chi connectivity index (χ4v) is 2.56. The lowest BCUT2D eigenvalue weighted by atomic mass is 10.2. The standard InChI is InChI=1S/C14H17NO2S/c16-9-2-4-12-7-10-18-13(12)14(17)15-8-1-3-11-5-6-11/h7,10-11,16H,1,3,5-6,8-9H2,(H,15,17). The van der Waals surface area contributed by atoms with Crippen LogP contribution in [0.4, 0.5) is 0 Å². The van der Waals surface area contributed by atoms with Crippen LogP contribution in [-0.2, 0) is 0 Å². The third-order valence-electron chi connectivity index (χ3n) is 2.95. The van der Waals surface area contributed by atoms with E-state index in [0.717, 1.165) is 18.9 Å². The van der Waals surface area contributed by atoms with Gasteiger partial charge in [-0.3, -0.25) is 4.79 Å². The molecule has 18 heavy (non-hydrogen) atoms. The average molecular weight is 263 g/mol. The molecule has 0 atom stereocenters. The summed E-state index contributed by atoms with van der Waals surface area (Å²) in [4.78, 5) is 12.6. The van der Waals surface area contributed by atoms with E-state index in [1.807, 2.05) is 11.4 Å². The van der Waals surface area contributed by atoms with Gasteiger partial charge < -0.3 is 10.4 Å². The number of rotatable bonds is 5. The van der Waals surface area contributed by atoms with E-state index in [1.165, 1.54) is 30.6 Å². The van der Waals surface area contributed by atoms with Crippen LogP contribution in [0.1, 0.15) is 40.9 Å². The van der Waals surface area contributed by atoms with Gasteiger partial charge in [-0.1, -0.05) is 24.7 Å². The number of aliphatic hydroxyl groups excluding tert-OH is 1. The number of thiophene rings is 1. The molecule has 3 nitrogen and oxygen atoms in total. The molecule has 1 saturated carbocycles. The molecule has 0 bridgehead atoms. The van der Waals surface area contributed by atoms with Crippen molar-refractivity contribution in [2.45, 2.75) is 25.7 Å². The summed E-state index contributed by atoms with van der Waals surface area (Å²) >= 11 is 1.39. The first-order chi connectivity index (χ1) is 8.81. The van der Waals surface area contributed by atoms with Gasteiger partial charge >= 0.3 is 0 Å². The van der Waals surface area contributed by atoms with Crippen LogP contribution in [0.2, 0.25) is 0 Å². The quantitative estimate of drug-likeness (QED) is 0.630. The molecule has 2 N–H and O–H groups in total. The first kappa shape index (κ1) is 13.1. The zero-order valence-corrected chi connectivity index (χ0v) is 11.1. The van der Waals surface area contributed by atoms with Crippen LogP contribution in [0.5, 0.6) is 0 Å². The monoisotopic (exact) mass is 263 g/mol. The van der Waals surface area contributed by atoms with Gasteiger partial charge in [0.25, 0.3) is 5.91 Å². The third kappa shape index (κ3) is 3.86. The maximum atomic E-state index is 11.9. The summed E-state index contributed by atoms with van der Waals surface area (Å²) < 4.78 is 0. The van der Waals surface area contributed by atoms with E-state index in [2.05, 4.69) is 17.2 Å². The Morgan fingerprint density at radius 1 is 1.56 bits per heavy atom. The average Bonchev–Trinajstić information content (AvgIpc) is 3.08. The molecular formula is C14H17NO2S. The molecular weight excluding hydrogens is 246 g/mol. The summed E-state index contributed by atoms with van der Waals surface area (Å²) in [6.07, 6.45) is 5.00. The Hall–Kier alpha value is -1.31. The molecule has 4 heteroatoms. The number of nitrogens with one attached hydrogen (secondary N) is 1. The molecule has 0 aliphatic heterocycles. The van der Waals surface area contributed by atoms with Crippen LogP contribution in [-0.4, -0.2) is 24.2 Å². The van der Waals surface area contributed by atoms with E-state index in [9.17, 15) is 4.79 Å². The van der Waals surface area contributed by atoms with Crippen molar-refractivity contribution in [1.82, 2.24) is 5.32 Å². The highest BCUT2D eigenvalue weighted by molar-refractivity contribution is 7.12. The number of hydrogen-bond donors (Lipinski definition) is 2. The highest BCUT2D eigenvalue weighted by Gasteiger charge is 2.20. The predicted molar refractivity (Wildman–Crippen MR) is 72.6 cm³/mol. The Kier molecular flexibility index (Phi) is 4.80. The molecule has 2 rings (SSSR count). The van der Waals surface area contributed by atoms with Crippen LogP contribution in [0.25, 0.3) is 0 Å². The lowest BCUT2D eigenvalue weighted by Gasteiger charge is -2.03. The van der Waals surface area contributed by atoms with Gasteiger partial charge in [0.05, 0.1) is 0 Å². The van der Waals surface area contributed by atoms with Gasteiger partial charge in [-0.05, 0) is 30.2 Å². The summed E-state index contributed by atoms with van der Waals surface area (Å²) in [6, 6.07) is 1.81. The van der Waals surface area contributed by atoms with Crippen molar-refractivity contribution >= 4 is 17.2 Å². The molecule has 1 aromatic rings. The smallest absolute Gasteiger partial charge is 0.262 e. The topological polar surface area (TPSA) is 49.3 Å². The molecule has 1 aliphatic rings. The van der Waals surface area contributed by atoms with Crippen molar-refractivity contribution in [2.75, 3.05) is 13.2 Å². The van der Waals surface area contributed by atoms with Crippen LogP contribution in [0.15, 0.2) is 11.4 Å². The molecule has 0 radical (unpaired) electrons. The molecule has 0 spiro atoms. The Labute approximate surface area is 111 Å². The van der Waals surface area contributed by atoms with E-state index in [-0.39, 0.29) is 12.5 Å². The fraction of sp³-hybridized carbons (Fsp3) is 0.500. The van der Waals surface area contributed by atoms with Crippen molar-refractivity contribution < 1.29 is 9.90 Å². The SMILES string of the molecule is O=C(NCCCC1CC1)c1sccc1C#CCO. The highest BCUT2D eigenvalue weighted by atomic mass is 32.1. The fourth-order valence-electron chi connectivity index (χ4n) is 1.80. The number of amides is 1. The first-order valence-electron chi connectivity index (χ1n) is 6.26. The number of aliphatic hydroxyl groups is 1. The number of carbonyl (C=O) groups excluding carboxylic acids is 1. The predicted octanol–water partition coefficient (Wildman–Crippen LogP) is 2.01. The van der Waals surface area contributed by atoms with Crippen molar-refractivity contribution in [3.8, 4) is 11.8 Å². The van der Waals surface area contributed by atoms with Gasteiger partial charge in [-0.25, -0.2) is 0 Å². The van der Waals surface area contributed by atoms with Crippen LogP contribution < -0.4 is 5.32 Å². The minimum Gasteiger partial charge on any atom is -0.384 e. The van der Waals surface area contributed by atoms with Crippen molar-refractivity contribution in [3.63, 3.8) is 0 Å². The van der Waals surface area contributed by atoms with E-state index in [1.54, 1.807) is 0 Å². The summed E-state index contributed by atoms with van der Waals surface area (Å²) in [5, 5.41) is 13.4. The highest BCUT2D eigenvalue weighted by Crippen LogP contribution is 2.33. The summed E-state index contributed by atoms with van der Waals surface area (Å²) in [5.74, 6) is 6.22. The molecule has 0 aromatic carbocycles. The summed E-state index contributed by atoms with van der Waals surface area (Å²) in [5.41, 5.74) is 0.703. The molecule has 1 amide bonds. The van der Waals surface area contributed by atoms with Crippen LogP contribution in [0, 0.1) is 17.8 Å². The number of hydrogen-bond acceptors (Lipinski definition) is 3. The van der Waals surface area contributed by atoms with Gasteiger partial charge in [-0.2, -0.15) is 0 Å². The van der Waals surface area contributed by atoms with E-state index < -0.39 is 0 Å². The van der Waals surface area contributed by atoms with Gasteiger partial charge in [0.15, 0.2) is 0 Å². The Morgan fingerprint density at radius 2 is 2.39 bits per heavy atom. The lowest BCUT2D eigenvalue weighted by molar-refractivity contribution is 0.0956. The molecule has 96 valence electrons. The Morgan fingerprint density at radius 3 is 3.11 bits per heavy atom. The third-order valence-corrected chi connectivity index (χ3v) is 3.86. The first-order valence-corrected chi connectivity index (χ1v) is 7.14. The molecule has 0 saturated heterocycles. The minimum absolute atomic E-state index is 0.0527. The molecule has 1 heterocycles. The zero-order chi connectivity index (χ0) is 12.8. The molecule has 1 fully saturated rings. The largest absolute Gasteiger partial charge is 0.384 e. The van der Waals surface area contributed by atoms with Gasteiger partial charge in [-0.15, -0.1) is 11.3 Å². The van der Waals surface area contributed by atoms with Gasteiger partial charge in [0.1, 0.15) is 11.5 Å². The lowest BCUT2D eigenvalue weighted by Crippen LogP contribution is -2.24. The number of carbonyl (C=O) groups is 1. The van der Waals surface area contributed by atoms with Crippen molar-refractivity contribution in [1.29, 1.82) is 0 Å². The van der Waals surface area contributed by atoms with Crippen LogP contribution in [0.3, 0.4) is 0 Å². The zero-order valence-electron chi connectivity index (χ0n) is 10.2. The molecule has 0 unspecified atom stereocenters.